The Bertz CT molecular complexity index is 372. The zero-order valence-electron chi connectivity index (χ0n) is 9.93. The van der Waals surface area contributed by atoms with Crippen molar-refractivity contribution in [3.8, 4) is 0 Å². The van der Waals surface area contributed by atoms with Crippen molar-refractivity contribution in [1.29, 1.82) is 0 Å². The second kappa shape index (κ2) is 6.28. The van der Waals surface area contributed by atoms with Gasteiger partial charge in [-0.3, -0.25) is 9.11 Å². The van der Waals surface area contributed by atoms with E-state index in [1.807, 2.05) is 24.3 Å². The average molecular weight is 252 g/mol. The zero-order valence-corrected chi connectivity index (χ0v) is 10.7. The fourth-order valence-electron chi connectivity index (χ4n) is 2.25. The maximum atomic E-state index is 10.6. The molecule has 0 spiro atoms. The van der Waals surface area contributed by atoms with Crippen LogP contribution in [-0.2, 0) is 23.4 Å². The first-order valence-corrected chi connectivity index (χ1v) is 7.34. The van der Waals surface area contributed by atoms with Crippen LogP contribution in [0.1, 0.15) is 30.4 Å². The maximum absolute atomic E-state index is 10.6. The Labute approximate surface area is 105 Å². The molecule has 0 radical (unpaired) electrons. The molecule has 0 aliphatic carbocycles. The summed E-state index contributed by atoms with van der Waals surface area (Å²) in [5.41, 5.74) is 2.13. The van der Waals surface area contributed by atoms with Crippen LogP contribution in [0.25, 0.3) is 0 Å². The van der Waals surface area contributed by atoms with Crippen LogP contribution in [-0.4, -0.2) is 26.8 Å². The molecule has 1 aliphatic rings. The highest BCUT2D eigenvalue weighted by Crippen LogP contribution is 2.14. The summed E-state index contributed by atoms with van der Waals surface area (Å²) in [5, 5.41) is 0. The Balaban J connectivity index is 1.90. The van der Waals surface area contributed by atoms with Crippen molar-refractivity contribution >= 4 is 11.1 Å². The Morgan fingerprint density at radius 1 is 1.06 bits per heavy atom. The molecule has 0 saturated carbocycles. The van der Waals surface area contributed by atoms with Crippen LogP contribution in [0, 0.1) is 0 Å². The van der Waals surface area contributed by atoms with Crippen LogP contribution in [0.5, 0.6) is 0 Å². The molecule has 1 aliphatic heterocycles. The summed E-state index contributed by atoms with van der Waals surface area (Å²) in [5.74, 6) is 0.115. The van der Waals surface area contributed by atoms with Gasteiger partial charge in [0, 0.05) is 12.3 Å². The van der Waals surface area contributed by atoms with Gasteiger partial charge in [0.2, 0.25) is 0 Å². The first kappa shape index (κ1) is 12.7. The molecule has 2 rings (SSSR count). The standard InChI is InChI=1S/C13H19NO2S/c15-17(16)11-13-6-4-12(5-7-13)10-14-8-2-1-3-9-14/h4-7H,1-3,8-11H2,(H,15,16)/p-1. The van der Waals surface area contributed by atoms with Gasteiger partial charge in [0.1, 0.15) is 0 Å². The van der Waals surface area contributed by atoms with E-state index in [1.54, 1.807) is 0 Å². The molecule has 1 atom stereocenters. The third-order valence-corrected chi connectivity index (χ3v) is 3.73. The number of hydrogen-bond donors (Lipinski definition) is 0. The number of benzene rings is 1. The predicted octanol–water partition coefficient (Wildman–Crippen LogP) is 2.05. The van der Waals surface area contributed by atoms with Gasteiger partial charge in [0.25, 0.3) is 0 Å². The van der Waals surface area contributed by atoms with Crippen molar-refractivity contribution in [1.82, 2.24) is 4.90 Å². The normalized spacial score (nSPS) is 19.1. The van der Waals surface area contributed by atoms with Gasteiger partial charge in [-0.05, 0) is 37.1 Å². The molecule has 94 valence electrons. The molecule has 0 aromatic heterocycles. The summed E-state index contributed by atoms with van der Waals surface area (Å²) in [4.78, 5) is 2.46. The topological polar surface area (TPSA) is 43.4 Å². The van der Waals surface area contributed by atoms with Gasteiger partial charge < -0.3 is 4.55 Å². The van der Waals surface area contributed by atoms with E-state index in [0.29, 0.717) is 0 Å². The third kappa shape index (κ3) is 4.22. The van der Waals surface area contributed by atoms with Crippen molar-refractivity contribution in [2.45, 2.75) is 31.6 Å². The third-order valence-electron chi connectivity index (χ3n) is 3.16. The molecule has 1 fully saturated rings. The van der Waals surface area contributed by atoms with E-state index in [2.05, 4.69) is 4.90 Å². The summed E-state index contributed by atoms with van der Waals surface area (Å²) < 4.78 is 21.1. The lowest BCUT2D eigenvalue weighted by Crippen LogP contribution is -2.29. The lowest BCUT2D eigenvalue weighted by Gasteiger charge is -2.26. The fraction of sp³-hybridized carbons (Fsp3) is 0.538. The van der Waals surface area contributed by atoms with E-state index in [1.165, 1.54) is 37.9 Å². The Hall–Kier alpha value is -0.710. The zero-order chi connectivity index (χ0) is 12.1. The molecule has 3 nitrogen and oxygen atoms in total. The monoisotopic (exact) mass is 252 g/mol. The van der Waals surface area contributed by atoms with Crippen LogP contribution in [0.4, 0.5) is 0 Å². The fourth-order valence-corrected chi connectivity index (χ4v) is 2.72. The number of rotatable bonds is 4. The van der Waals surface area contributed by atoms with E-state index in [9.17, 15) is 8.76 Å². The maximum Gasteiger partial charge on any atom is 0.0353 e. The Kier molecular flexibility index (Phi) is 4.71. The number of piperidine rings is 1. The van der Waals surface area contributed by atoms with Crippen molar-refractivity contribution in [3.05, 3.63) is 35.4 Å². The lowest BCUT2D eigenvalue weighted by atomic mass is 10.1. The van der Waals surface area contributed by atoms with Gasteiger partial charge >= 0.3 is 0 Å². The molecule has 4 heteroatoms. The molecule has 0 N–H and O–H groups in total. The smallest absolute Gasteiger partial charge is 0.0353 e. The second-order valence-electron chi connectivity index (χ2n) is 4.60. The number of likely N-dealkylation sites (tertiary alicyclic amines) is 1. The van der Waals surface area contributed by atoms with Crippen LogP contribution in [0.15, 0.2) is 24.3 Å². The Morgan fingerprint density at radius 2 is 1.65 bits per heavy atom. The van der Waals surface area contributed by atoms with Gasteiger partial charge in [0.05, 0.1) is 0 Å². The molecule has 1 unspecified atom stereocenters. The van der Waals surface area contributed by atoms with E-state index < -0.39 is 11.1 Å². The lowest BCUT2D eigenvalue weighted by molar-refractivity contribution is 0.221. The predicted molar refractivity (Wildman–Crippen MR) is 68.2 cm³/mol. The van der Waals surface area contributed by atoms with Gasteiger partial charge in [-0.25, -0.2) is 0 Å². The molecule has 17 heavy (non-hydrogen) atoms. The highest BCUT2D eigenvalue weighted by atomic mass is 32.2. The summed E-state index contributed by atoms with van der Waals surface area (Å²) in [6.45, 7) is 3.36. The molecular formula is C13H18NO2S-. The molecule has 1 heterocycles. The minimum Gasteiger partial charge on any atom is -0.772 e. The highest BCUT2D eigenvalue weighted by Gasteiger charge is 2.09. The van der Waals surface area contributed by atoms with Crippen molar-refractivity contribution in [3.63, 3.8) is 0 Å². The number of hydrogen-bond acceptors (Lipinski definition) is 3. The van der Waals surface area contributed by atoms with Crippen LogP contribution in [0.3, 0.4) is 0 Å². The Morgan fingerprint density at radius 3 is 2.24 bits per heavy atom. The minimum atomic E-state index is -1.99. The van der Waals surface area contributed by atoms with Gasteiger partial charge in [-0.2, -0.15) is 0 Å². The molecule has 1 aromatic carbocycles. The SMILES string of the molecule is O=S([O-])Cc1ccc(CN2CCCCC2)cc1. The van der Waals surface area contributed by atoms with Gasteiger partial charge in [-0.1, -0.05) is 41.8 Å². The van der Waals surface area contributed by atoms with Crippen LogP contribution < -0.4 is 0 Å². The van der Waals surface area contributed by atoms with Gasteiger partial charge in [-0.15, -0.1) is 0 Å². The average Bonchev–Trinajstić information content (AvgIpc) is 2.32. The van der Waals surface area contributed by atoms with E-state index in [-0.39, 0.29) is 5.75 Å². The van der Waals surface area contributed by atoms with Gasteiger partial charge in [0.15, 0.2) is 0 Å². The van der Waals surface area contributed by atoms with Crippen LogP contribution in [0.2, 0.25) is 0 Å². The first-order chi connectivity index (χ1) is 8.24. The molecule has 1 aromatic rings. The molecular weight excluding hydrogens is 234 g/mol. The second-order valence-corrected chi connectivity index (χ2v) is 5.50. The van der Waals surface area contributed by atoms with E-state index in [0.717, 1.165) is 12.1 Å². The largest absolute Gasteiger partial charge is 0.772 e. The van der Waals surface area contributed by atoms with E-state index >= 15 is 0 Å². The summed E-state index contributed by atoms with van der Waals surface area (Å²) >= 11 is -1.99. The van der Waals surface area contributed by atoms with E-state index in [4.69, 9.17) is 0 Å². The number of nitrogens with zero attached hydrogens (tertiary/aromatic N) is 1. The summed E-state index contributed by atoms with van der Waals surface area (Å²) in [6.07, 6.45) is 3.95. The summed E-state index contributed by atoms with van der Waals surface area (Å²) in [6, 6.07) is 7.90. The summed E-state index contributed by atoms with van der Waals surface area (Å²) in [7, 11) is 0. The van der Waals surface area contributed by atoms with Crippen molar-refractivity contribution in [2.75, 3.05) is 13.1 Å². The van der Waals surface area contributed by atoms with Crippen LogP contribution >= 0.6 is 0 Å². The highest BCUT2D eigenvalue weighted by molar-refractivity contribution is 7.78. The van der Waals surface area contributed by atoms with Crippen molar-refractivity contribution in [2.24, 2.45) is 0 Å². The molecule has 0 bridgehead atoms. The van der Waals surface area contributed by atoms with Crippen molar-refractivity contribution < 1.29 is 8.76 Å². The minimum absolute atomic E-state index is 0.115. The quantitative estimate of drug-likeness (QED) is 0.770. The first-order valence-electron chi connectivity index (χ1n) is 6.10. The molecule has 0 amide bonds. The molecule has 1 saturated heterocycles.